The van der Waals surface area contributed by atoms with Crippen molar-refractivity contribution in [2.75, 3.05) is 19.0 Å². The predicted molar refractivity (Wildman–Crippen MR) is 119 cm³/mol. The number of carbonyl (C=O) groups is 2. The third kappa shape index (κ3) is 5.58. The molecule has 0 saturated heterocycles. The van der Waals surface area contributed by atoms with E-state index in [2.05, 4.69) is 10.3 Å². The summed E-state index contributed by atoms with van der Waals surface area (Å²) in [4.78, 5) is 28.5. The number of Topliss-reactive ketones (excluding diaryl/α,β-unsaturated/α-hetero) is 1. The first-order valence-corrected chi connectivity index (χ1v) is 10.6. The number of ketones is 1. The van der Waals surface area contributed by atoms with Gasteiger partial charge in [-0.25, -0.2) is 4.98 Å². The molecule has 0 radical (unpaired) electrons. The van der Waals surface area contributed by atoms with E-state index < -0.39 is 0 Å². The molecule has 1 aromatic heterocycles. The number of aromatic nitrogens is 1. The Balaban J connectivity index is 1.62. The summed E-state index contributed by atoms with van der Waals surface area (Å²) in [5.74, 6) is 0.970. The summed E-state index contributed by atoms with van der Waals surface area (Å²) in [6.07, 6.45) is 1.29. The molecule has 2 aromatic carbocycles. The molecule has 3 aromatic rings. The molecule has 0 aliphatic carbocycles. The quantitative estimate of drug-likeness (QED) is 0.473. The summed E-state index contributed by atoms with van der Waals surface area (Å²) in [7, 11) is 1.58. The van der Waals surface area contributed by atoms with Gasteiger partial charge < -0.3 is 9.47 Å². The molecule has 0 aliphatic rings. The Morgan fingerprint density at radius 1 is 1.13 bits per heavy atom. The van der Waals surface area contributed by atoms with Gasteiger partial charge in [0, 0.05) is 22.9 Å². The zero-order valence-electron chi connectivity index (χ0n) is 16.6. The van der Waals surface area contributed by atoms with Gasteiger partial charge in [-0.3, -0.25) is 14.9 Å². The van der Waals surface area contributed by atoms with Crippen molar-refractivity contribution in [2.24, 2.45) is 0 Å². The van der Waals surface area contributed by atoms with Crippen LogP contribution in [0.25, 0.3) is 11.3 Å². The van der Waals surface area contributed by atoms with E-state index in [1.807, 2.05) is 18.4 Å². The highest BCUT2D eigenvalue weighted by molar-refractivity contribution is 7.14. The van der Waals surface area contributed by atoms with Crippen LogP contribution in [0.15, 0.2) is 47.8 Å². The van der Waals surface area contributed by atoms with Gasteiger partial charge in [0.15, 0.2) is 10.9 Å². The van der Waals surface area contributed by atoms with Gasteiger partial charge in [-0.15, -0.1) is 11.3 Å². The van der Waals surface area contributed by atoms with Gasteiger partial charge in [0.2, 0.25) is 0 Å². The normalized spacial score (nSPS) is 10.5. The van der Waals surface area contributed by atoms with Crippen LogP contribution < -0.4 is 14.8 Å². The third-order valence-corrected chi connectivity index (χ3v) is 5.29. The fourth-order valence-electron chi connectivity index (χ4n) is 2.67. The van der Waals surface area contributed by atoms with E-state index >= 15 is 0 Å². The zero-order chi connectivity index (χ0) is 21.5. The average Bonchev–Trinajstić information content (AvgIpc) is 3.20. The van der Waals surface area contributed by atoms with Crippen molar-refractivity contribution in [1.82, 2.24) is 4.98 Å². The minimum Gasteiger partial charge on any atom is -0.497 e. The van der Waals surface area contributed by atoms with E-state index in [4.69, 9.17) is 21.1 Å². The van der Waals surface area contributed by atoms with Gasteiger partial charge in [-0.2, -0.15) is 0 Å². The number of carbonyl (C=O) groups excluding carboxylic acids is 2. The van der Waals surface area contributed by atoms with Crippen molar-refractivity contribution in [3.8, 4) is 22.8 Å². The molecule has 0 bridgehead atoms. The molecule has 30 heavy (non-hydrogen) atoms. The molecule has 1 amide bonds. The first-order chi connectivity index (χ1) is 14.5. The second-order valence-corrected chi connectivity index (χ2v) is 7.70. The van der Waals surface area contributed by atoms with E-state index in [-0.39, 0.29) is 18.3 Å². The molecule has 6 nitrogen and oxygen atoms in total. The molecule has 0 spiro atoms. The number of methoxy groups -OCH3 is 1. The smallest absolute Gasteiger partial charge is 0.257 e. The number of nitrogens with zero attached hydrogens (tertiary/aromatic N) is 1. The lowest BCUT2D eigenvalue weighted by Crippen LogP contribution is -2.12. The fraction of sp³-hybridized carbons (Fsp3) is 0.227. The topological polar surface area (TPSA) is 77.5 Å². The highest BCUT2D eigenvalue weighted by atomic mass is 35.5. The van der Waals surface area contributed by atoms with Crippen molar-refractivity contribution in [1.29, 1.82) is 0 Å². The Morgan fingerprint density at radius 3 is 2.53 bits per heavy atom. The van der Waals surface area contributed by atoms with E-state index in [9.17, 15) is 9.59 Å². The number of thiazole rings is 1. The van der Waals surface area contributed by atoms with Crippen LogP contribution in [0, 0.1) is 0 Å². The number of hydrogen-bond donors (Lipinski definition) is 1. The van der Waals surface area contributed by atoms with Crippen LogP contribution in [0.2, 0.25) is 5.02 Å². The first kappa shape index (κ1) is 21.8. The summed E-state index contributed by atoms with van der Waals surface area (Å²) in [5, 5.41) is 5.59. The van der Waals surface area contributed by atoms with Gasteiger partial charge in [-0.05, 0) is 48.9 Å². The molecule has 0 aliphatic heterocycles. The molecule has 0 saturated carbocycles. The first-order valence-electron chi connectivity index (χ1n) is 9.35. The minimum atomic E-state index is -0.287. The lowest BCUT2D eigenvalue weighted by atomic mass is 10.1. The number of ether oxygens (including phenoxy) is 2. The monoisotopic (exact) mass is 444 g/mol. The minimum absolute atomic E-state index is 0.0369. The molecule has 0 unspecified atom stereocenters. The van der Waals surface area contributed by atoms with Crippen molar-refractivity contribution in [3.63, 3.8) is 0 Å². The summed E-state index contributed by atoms with van der Waals surface area (Å²) in [6.45, 7) is 1.98. The second-order valence-electron chi connectivity index (χ2n) is 6.44. The highest BCUT2D eigenvalue weighted by Gasteiger charge is 2.13. The Bertz CT molecular complexity index is 1030. The molecule has 0 fully saturated rings. The van der Waals surface area contributed by atoms with Crippen LogP contribution in [-0.2, 0) is 4.79 Å². The van der Waals surface area contributed by atoms with Crippen LogP contribution >= 0.6 is 22.9 Å². The zero-order valence-corrected chi connectivity index (χ0v) is 18.2. The fourth-order valence-corrected chi connectivity index (χ4v) is 3.65. The Labute approximate surface area is 183 Å². The molecule has 1 heterocycles. The van der Waals surface area contributed by atoms with E-state index in [1.54, 1.807) is 43.5 Å². The maximum atomic E-state index is 12.5. The van der Waals surface area contributed by atoms with Gasteiger partial charge in [0.1, 0.15) is 18.1 Å². The number of hydrogen-bond acceptors (Lipinski definition) is 6. The molecule has 0 atom stereocenters. The van der Waals surface area contributed by atoms with Gasteiger partial charge in [0.05, 0.1) is 17.8 Å². The van der Waals surface area contributed by atoms with Crippen molar-refractivity contribution < 1.29 is 19.1 Å². The number of amides is 1. The van der Waals surface area contributed by atoms with Crippen LogP contribution in [0.1, 0.15) is 30.1 Å². The van der Waals surface area contributed by atoms with Crippen molar-refractivity contribution in [2.45, 2.75) is 19.8 Å². The van der Waals surface area contributed by atoms with E-state index in [0.29, 0.717) is 39.3 Å². The largest absolute Gasteiger partial charge is 0.497 e. The Kier molecular flexibility index (Phi) is 7.43. The van der Waals surface area contributed by atoms with Crippen LogP contribution in [-0.4, -0.2) is 30.4 Å². The molecular formula is C22H21ClN2O4S. The highest BCUT2D eigenvalue weighted by Crippen LogP contribution is 2.33. The standard InChI is InChI=1S/C22H21ClN2O4S/c1-3-4-15(26)12-29-16-7-5-14(6-8-16)21(27)25-22-24-20(13-30-22)18-10-9-17(28-2)11-19(18)23/h5-11,13H,3-4,12H2,1-2H3,(H,24,25,27). The molecule has 1 N–H and O–H groups in total. The summed E-state index contributed by atoms with van der Waals surface area (Å²) in [5.41, 5.74) is 1.89. The Hall–Kier alpha value is -2.90. The van der Waals surface area contributed by atoms with Crippen molar-refractivity contribution >= 4 is 39.8 Å². The summed E-state index contributed by atoms with van der Waals surface area (Å²) in [6, 6.07) is 12.0. The third-order valence-electron chi connectivity index (χ3n) is 4.22. The SMILES string of the molecule is CCCC(=O)COc1ccc(C(=O)Nc2nc(-c3ccc(OC)cc3Cl)cs2)cc1. The number of nitrogens with one attached hydrogen (secondary N) is 1. The van der Waals surface area contributed by atoms with E-state index in [0.717, 1.165) is 12.0 Å². The summed E-state index contributed by atoms with van der Waals surface area (Å²) < 4.78 is 10.6. The van der Waals surface area contributed by atoms with Gasteiger partial charge >= 0.3 is 0 Å². The number of halogens is 1. The molecular weight excluding hydrogens is 424 g/mol. The number of anilines is 1. The lowest BCUT2D eigenvalue weighted by molar-refractivity contribution is -0.121. The molecule has 156 valence electrons. The van der Waals surface area contributed by atoms with Gasteiger partial charge in [0.25, 0.3) is 5.91 Å². The van der Waals surface area contributed by atoms with E-state index in [1.165, 1.54) is 11.3 Å². The number of rotatable bonds is 9. The number of benzene rings is 2. The second kappa shape index (κ2) is 10.2. The maximum absolute atomic E-state index is 12.5. The average molecular weight is 445 g/mol. The Morgan fingerprint density at radius 2 is 1.87 bits per heavy atom. The predicted octanol–water partition coefficient (Wildman–Crippen LogP) is 5.47. The van der Waals surface area contributed by atoms with Crippen LogP contribution in [0.5, 0.6) is 11.5 Å². The lowest BCUT2D eigenvalue weighted by Gasteiger charge is -2.06. The van der Waals surface area contributed by atoms with Crippen molar-refractivity contribution in [3.05, 3.63) is 58.4 Å². The van der Waals surface area contributed by atoms with Gasteiger partial charge in [-0.1, -0.05) is 18.5 Å². The summed E-state index contributed by atoms with van der Waals surface area (Å²) >= 11 is 7.61. The molecule has 3 rings (SSSR count). The molecule has 8 heteroatoms. The van der Waals surface area contributed by atoms with Crippen LogP contribution in [0.3, 0.4) is 0 Å². The van der Waals surface area contributed by atoms with Crippen LogP contribution in [0.4, 0.5) is 5.13 Å². The maximum Gasteiger partial charge on any atom is 0.257 e.